The fourth-order valence-electron chi connectivity index (χ4n) is 2.82. The maximum Gasteiger partial charge on any atom is 0.306 e. The monoisotopic (exact) mass is 305 g/mol. The first-order valence-electron chi connectivity index (χ1n) is 7.58. The first kappa shape index (κ1) is 16.3. The van der Waals surface area contributed by atoms with Crippen molar-refractivity contribution >= 4 is 12.2 Å². The van der Waals surface area contributed by atoms with Crippen LogP contribution in [0.15, 0.2) is 23.2 Å². The molecule has 0 bridgehead atoms. The predicted molar refractivity (Wildman–Crippen MR) is 85.1 cm³/mol. The quantitative estimate of drug-likeness (QED) is 0.820. The number of hydrogen-bond acceptors (Lipinski definition) is 4. The number of benzene rings is 1. The molecule has 0 saturated heterocycles. The highest BCUT2D eigenvalue weighted by Crippen LogP contribution is 2.29. The Morgan fingerprint density at radius 2 is 2.00 bits per heavy atom. The van der Waals surface area contributed by atoms with Crippen molar-refractivity contribution in [2.75, 3.05) is 20.8 Å². The first-order valence-corrected chi connectivity index (χ1v) is 7.58. The van der Waals surface area contributed by atoms with Crippen LogP contribution in [0, 0.1) is 11.8 Å². The molecule has 1 N–H and O–H groups in total. The second-order valence-corrected chi connectivity index (χ2v) is 5.66. The van der Waals surface area contributed by atoms with Gasteiger partial charge < -0.3 is 14.6 Å². The van der Waals surface area contributed by atoms with Crippen molar-refractivity contribution in [1.82, 2.24) is 0 Å². The van der Waals surface area contributed by atoms with Crippen molar-refractivity contribution < 1.29 is 19.4 Å². The van der Waals surface area contributed by atoms with Crippen LogP contribution in [0.5, 0.6) is 11.5 Å². The van der Waals surface area contributed by atoms with Gasteiger partial charge in [-0.2, -0.15) is 0 Å². The average molecular weight is 305 g/mol. The van der Waals surface area contributed by atoms with Crippen LogP contribution in [0.3, 0.4) is 0 Å². The summed E-state index contributed by atoms with van der Waals surface area (Å²) in [5, 5.41) is 9.00. The van der Waals surface area contributed by atoms with E-state index in [9.17, 15) is 4.79 Å². The molecule has 1 fully saturated rings. The number of carbonyl (C=O) groups is 1. The molecule has 1 aliphatic carbocycles. The summed E-state index contributed by atoms with van der Waals surface area (Å²) in [6.07, 6.45) is 5.23. The Morgan fingerprint density at radius 3 is 2.59 bits per heavy atom. The average Bonchev–Trinajstić information content (AvgIpc) is 2.55. The second-order valence-electron chi connectivity index (χ2n) is 5.66. The zero-order valence-electron chi connectivity index (χ0n) is 13.1. The van der Waals surface area contributed by atoms with E-state index in [1.165, 1.54) is 0 Å². The third-order valence-corrected chi connectivity index (χ3v) is 4.23. The topological polar surface area (TPSA) is 68.1 Å². The van der Waals surface area contributed by atoms with Crippen LogP contribution in [0.1, 0.15) is 31.2 Å². The van der Waals surface area contributed by atoms with Crippen molar-refractivity contribution in [1.29, 1.82) is 0 Å². The van der Waals surface area contributed by atoms with Crippen LogP contribution in [0.4, 0.5) is 0 Å². The molecule has 0 heterocycles. The minimum Gasteiger partial charge on any atom is -0.497 e. The van der Waals surface area contributed by atoms with Gasteiger partial charge in [-0.1, -0.05) is 0 Å². The molecule has 0 atom stereocenters. The number of nitrogens with zero attached hydrogens (tertiary/aromatic N) is 1. The predicted octanol–water partition coefficient (Wildman–Crippen LogP) is 3.01. The van der Waals surface area contributed by atoms with Crippen molar-refractivity contribution in [3.63, 3.8) is 0 Å². The van der Waals surface area contributed by atoms with Crippen LogP contribution >= 0.6 is 0 Å². The van der Waals surface area contributed by atoms with Gasteiger partial charge in [0.2, 0.25) is 0 Å². The van der Waals surface area contributed by atoms with E-state index < -0.39 is 5.97 Å². The van der Waals surface area contributed by atoms with Crippen LogP contribution in [0.25, 0.3) is 0 Å². The van der Waals surface area contributed by atoms with Gasteiger partial charge in [-0.3, -0.25) is 9.79 Å². The summed E-state index contributed by atoms with van der Waals surface area (Å²) < 4.78 is 10.5. The standard InChI is InChI=1S/C17H23NO4/c1-21-15-8-7-14(16(9-15)22-2)11-18-10-12-3-5-13(6-4-12)17(19)20/h7-9,11-13H,3-6,10H2,1-2H3,(H,19,20)/t12-,13-. The fourth-order valence-corrected chi connectivity index (χ4v) is 2.82. The summed E-state index contributed by atoms with van der Waals surface area (Å²) >= 11 is 0. The number of carboxylic acids is 1. The van der Waals surface area contributed by atoms with Gasteiger partial charge in [-0.25, -0.2) is 0 Å². The lowest BCUT2D eigenvalue weighted by Crippen LogP contribution is -2.22. The van der Waals surface area contributed by atoms with E-state index >= 15 is 0 Å². The van der Waals surface area contributed by atoms with E-state index in [0.29, 0.717) is 5.92 Å². The Kier molecular flexibility index (Phi) is 5.81. The molecule has 0 radical (unpaired) electrons. The minimum atomic E-state index is -0.662. The van der Waals surface area contributed by atoms with Crippen LogP contribution < -0.4 is 9.47 Å². The number of carboxylic acid groups (broad SMARTS) is 1. The highest BCUT2D eigenvalue weighted by molar-refractivity contribution is 5.84. The number of aliphatic imine (C=N–C) groups is 1. The Morgan fingerprint density at radius 1 is 1.27 bits per heavy atom. The first-order chi connectivity index (χ1) is 10.6. The SMILES string of the molecule is COc1ccc(C=NC[C@H]2CC[C@H](C(=O)O)CC2)c(OC)c1. The lowest BCUT2D eigenvalue weighted by Gasteiger charge is -2.24. The summed E-state index contributed by atoms with van der Waals surface area (Å²) in [6.45, 7) is 0.738. The number of methoxy groups -OCH3 is 2. The largest absolute Gasteiger partial charge is 0.497 e. The second kappa shape index (κ2) is 7.82. The van der Waals surface area contributed by atoms with Crippen molar-refractivity contribution in [3.05, 3.63) is 23.8 Å². The van der Waals surface area contributed by atoms with E-state index in [-0.39, 0.29) is 5.92 Å². The van der Waals surface area contributed by atoms with Gasteiger partial charge in [-0.05, 0) is 43.7 Å². The van der Waals surface area contributed by atoms with Crippen molar-refractivity contribution in [2.24, 2.45) is 16.8 Å². The highest BCUT2D eigenvalue weighted by atomic mass is 16.5. The number of ether oxygens (including phenoxy) is 2. The number of rotatable bonds is 6. The maximum atomic E-state index is 10.9. The molecule has 120 valence electrons. The molecule has 1 aliphatic rings. The van der Waals surface area contributed by atoms with E-state index in [0.717, 1.165) is 49.3 Å². The van der Waals surface area contributed by atoms with Gasteiger partial charge in [0.15, 0.2) is 0 Å². The lowest BCUT2D eigenvalue weighted by molar-refractivity contribution is -0.143. The van der Waals surface area contributed by atoms with Crippen molar-refractivity contribution in [2.45, 2.75) is 25.7 Å². The van der Waals surface area contributed by atoms with Gasteiger partial charge in [0.25, 0.3) is 0 Å². The Hall–Kier alpha value is -2.04. The van der Waals surface area contributed by atoms with Gasteiger partial charge in [0.05, 0.1) is 20.1 Å². The smallest absolute Gasteiger partial charge is 0.306 e. The highest BCUT2D eigenvalue weighted by Gasteiger charge is 2.25. The molecule has 0 aromatic heterocycles. The van der Waals surface area contributed by atoms with E-state index in [4.69, 9.17) is 14.6 Å². The van der Waals surface area contributed by atoms with E-state index in [2.05, 4.69) is 4.99 Å². The summed E-state index contributed by atoms with van der Waals surface area (Å²) in [6, 6.07) is 5.63. The summed E-state index contributed by atoms with van der Waals surface area (Å²) in [4.78, 5) is 15.4. The summed E-state index contributed by atoms with van der Waals surface area (Å²) in [5.74, 6) is 1.14. The molecular formula is C17H23NO4. The van der Waals surface area contributed by atoms with Gasteiger partial charge in [-0.15, -0.1) is 0 Å². The maximum absolute atomic E-state index is 10.9. The Bertz CT molecular complexity index is 533. The third kappa shape index (κ3) is 4.23. The molecule has 2 rings (SSSR count). The summed E-state index contributed by atoms with van der Waals surface area (Å²) in [5.41, 5.74) is 0.919. The molecule has 5 nitrogen and oxygen atoms in total. The minimum absolute atomic E-state index is 0.165. The summed E-state index contributed by atoms with van der Waals surface area (Å²) in [7, 11) is 3.25. The van der Waals surface area contributed by atoms with Crippen LogP contribution in [-0.2, 0) is 4.79 Å². The number of hydrogen-bond donors (Lipinski definition) is 1. The molecule has 0 aliphatic heterocycles. The van der Waals surface area contributed by atoms with E-state index in [1.807, 2.05) is 24.4 Å². The molecule has 1 aromatic rings. The molecule has 0 spiro atoms. The molecule has 1 aromatic carbocycles. The zero-order chi connectivity index (χ0) is 15.9. The molecule has 22 heavy (non-hydrogen) atoms. The van der Waals surface area contributed by atoms with Gasteiger partial charge in [0.1, 0.15) is 11.5 Å². The zero-order valence-corrected chi connectivity index (χ0v) is 13.1. The third-order valence-electron chi connectivity index (χ3n) is 4.23. The Labute approximate surface area is 131 Å². The van der Waals surface area contributed by atoms with Crippen LogP contribution in [0.2, 0.25) is 0 Å². The molecular weight excluding hydrogens is 282 g/mol. The van der Waals surface area contributed by atoms with Gasteiger partial charge in [0, 0.05) is 24.4 Å². The normalized spacial score (nSPS) is 21.7. The molecule has 0 unspecified atom stereocenters. The Balaban J connectivity index is 1.89. The van der Waals surface area contributed by atoms with Crippen molar-refractivity contribution in [3.8, 4) is 11.5 Å². The fraction of sp³-hybridized carbons (Fsp3) is 0.529. The van der Waals surface area contributed by atoms with Gasteiger partial charge >= 0.3 is 5.97 Å². The molecule has 5 heteroatoms. The van der Waals surface area contributed by atoms with E-state index in [1.54, 1.807) is 14.2 Å². The molecule has 1 saturated carbocycles. The molecule has 0 amide bonds. The van der Waals surface area contributed by atoms with Crippen LogP contribution in [-0.4, -0.2) is 38.1 Å². The lowest BCUT2D eigenvalue weighted by atomic mass is 9.82. The number of aliphatic carboxylic acids is 1.